The number of para-hydroxylation sites is 1. The molecule has 0 aliphatic rings. The van der Waals surface area contributed by atoms with Gasteiger partial charge in [0.1, 0.15) is 11.2 Å². The standard InChI is InChI=1S/C61H35N3O/c1-2-11-39(12-3-1)59-62-60(64-61(63-59)45-29-30-48-47-20-4-5-24-53(47)65-54(48)35-45)44-19-7-17-41(32-44)40-16-6-18-42(31-40)46-33-43-28-27-38-14-9-22-50-49-21-8-13-36-25-26-37-15-10-23-51(57(37)55(36)49)52(34-46)58(43)56(38)50/h1-35H. The summed E-state index contributed by atoms with van der Waals surface area (Å²) < 4.78 is 6.28. The molecule has 2 heterocycles. The summed E-state index contributed by atoms with van der Waals surface area (Å²) in [5.41, 5.74) is 8.88. The second-order valence-electron chi connectivity index (χ2n) is 17.1. The van der Waals surface area contributed by atoms with E-state index in [1.165, 1.54) is 70.2 Å². The zero-order chi connectivity index (χ0) is 42.6. The van der Waals surface area contributed by atoms with E-state index < -0.39 is 0 Å². The SMILES string of the molecule is c1ccc(-c2nc(-c3cccc(-c4cccc(-c5cc6ccc7cccc8c9cccc%10ccc%11cccc(c(c5)c6c78)c%11c%109)c4)c3)nc(-c3ccc4c(c3)oc3ccccc34)n2)cc1. The van der Waals surface area contributed by atoms with Gasteiger partial charge in [-0.15, -0.1) is 0 Å². The molecule has 0 saturated heterocycles. The number of aromatic nitrogens is 3. The molecular weight excluding hydrogens is 791 g/mol. The minimum absolute atomic E-state index is 0.589. The van der Waals surface area contributed by atoms with Gasteiger partial charge in [-0.2, -0.15) is 0 Å². The summed E-state index contributed by atoms with van der Waals surface area (Å²) in [6, 6.07) is 76.2. The predicted octanol–water partition coefficient (Wildman–Crippen LogP) is 16.5. The third-order valence-electron chi connectivity index (χ3n) is 13.4. The van der Waals surface area contributed by atoms with Crippen molar-refractivity contribution in [1.29, 1.82) is 0 Å². The maximum atomic E-state index is 6.28. The van der Waals surface area contributed by atoms with E-state index in [1.807, 2.05) is 54.6 Å². The van der Waals surface area contributed by atoms with Gasteiger partial charge in [-0.25, -0.2) is 15.0 Å². The van der Waals surface area contributed by atoms with Gasteiger partial charge in [0.15, 0.2) is 17.5 Å². The van der Waals surface area contributed by atoms with Gasteiger partial charge in [0.2, 0.25) is 0 Å². The van der Waals surface area contributed by atoms with Crippen molar-refractivity contribution < 1.29 is 4.42 Å². The van der Waals surface area contributed by atoms with Crippen molar-refractivity contribution in [2.24, 2.45) is 0 Å². The average Bonchev–Trinajstić information content (AvgIpc) is 3.75. The molecule has 0 amide bonds. The van der Waals surface area contributed by atoms with Crippen LogP contribution in [0.3, 0.4) is 0 Å². The van der Waals surface area contributed by atoms with Crippen molar-refractivity contribution in [3.63, 3.8) is 0 Å². The molecule has 14 aromatic rings. The Morgan fingerprint density at radius 1 is 0.231 bits per heavy atom. The maximum Gasteiger partial charge on any atom is 0.164 e. The lowest BCUT2D eigenvalue weighted by atomic mass is 9.86. The minimum Gasteiger partial charge on any atom is -0.456 e. The van der Waals surface area contributed by atoms with E-state index in [2.05, 4.69) is 158 Å². The molecule has 2 aromatic heterocycles. The first-order chi connectivity index (χ1) is 32.2. The summed E-state index contributed by atoms with van der Waals surface area (Å²) in [5, 5.41) is 17.5. The molecule has 0 spiro atoms. The van der Waals surface area contributed by atoms with Gasteiger partial charge in [-0.1, -0.05) is 170 Å². The van der Waals surface area contributed by atoms with Gasteiger partial charge >= 0.3 is 0 Å². The Labute approximate surface area is 373 Å². The smallest absolute Gasteiger partial charge is 0.164 e. The zero-order valence-corrected chi connectivity index (χ0v) is 35.0. The second-order valence-corrected chi connectivity index (χ2v) is 17.1. The van der Waals surface area contributed by atoms with Crippen molar-refractivity contribution >= 4 is 86.6 Å². The van der Waals surface area contributed by atoms with E-state index in [-0.39, 0.29) is 0 Å². The summed E-state index contributed by atoms with van der Waals surface area (Å²) >= 11 is 0. The number of hydrogen-bond donors (Lipinski definition) is 0. The average molecular weight is 826 g/mol. The predicted molar refractivity (Wildman–Crippen MR) is 271 cm³/mol. The minimum atomic E-state index is 0.589. The fourth-order valence-corrected chi connectivity index (χ4v) is 10.4. The monoisotopic (exact) mass is 825 g/mol. The number of fused-ring (bicyclic) bond motifs is 5. The van der Waals surface area contributed by atoms with Gasteiger partial charge in [0, 0.05) is 27.5 Å². The first-order valence-electron chi connectivity index (χ1n) is 22.1. The summed E-state index contributed by atoms with van der Waals surface area (Å²) in [4.78, 5) is 15.2. The number of benzene rings is 11. The summed E-state index contributed by atoms with van der Waals surface area (Å²) in [5.74, 6) is 1.81. The highest BCUT2D eigenvalue weighted by molar-refractivity contribution is 6.37. The van der Waals surface area contributed by atoms with Gasteiger partial charge in [0.25, 0.3) is 0 Å². The Balaban J connectivity index is 0.926. The first kappa shape index (κ1) is 35.8. The molecule has 0 saturated carbocycles. The molecule has 14 rings (SSSR count). The number of rotatable bonds is 5. The van der Waals surface area contributed by atoms with Crippen molar-refractivity contribution in [3.05, 3.63) is 212 Å². The fraction of sp³-hybridized carbons (Fsp3) is 0. The van der Waals surface area contributed by atoms with E-state index in [0.717, 1.165) is 55.3 Å². The van der Waals surface area contributed by atoms with E-state index in [0.29, 0.717) is 17.5 Å². The molecule has 4 heteroatoms. The van der Waals surface area contributed by atoms with Gasteiger partial charge < -0.3 is 4.42 Å². The lowest BCUT2D eigenvalue weighted by Gasteiger charge is -2.17. The lowest BCUT2D eigenvalue weighted by molar-refractivity contribution is 0.669. The Morgan fingerprint density at radius 3 is 1.34 bits per heavy atom. The summed E-state index contributed by atoms with van der Waals surface area (Å²) in [6.07, 6.45) is 0. The van der Waals surface area contributed by atoms with Crippen LogP contribution < -0.4 is 0 Å². The number of furan rings is 1. The summed E-state index contributed by atoms with van der Waals surface area (Å²) in [7, 11) is 0. The van der Waals surface area contributed by atoms with Crippen LogP contribution in [0.4, 0.5) is 0 Å². The normalized spacial score (nSPS) is 12.0. The van der Waals surface area contributed by atoms with E-state index >= 15 is 0 Å². The highest BCUT2D eigenvalue weighted by Crippen LogP contribution is 2.45. The van der Waals surface area contributed by atoms with Crippen LogP contribution in [0.25, 0.3) is 143 Å². The van der Waals surface area contributed by atoms with Crippen LogP contribution in [0.1, 0.15) is 0 Å². The molecule has 0 bridgehead atoms. The third kappa shape index (κ3) is 5.61. The van der Waals surface area contributed by atoms with Crippen molar-refractivity contribution in [3.8, 4) is 56.4 Å². The zero-order valence-electron chi connectivity index (χ0n) is 35.0. The van der Waals surface area contributed by atoms with Crippen LogP contribution in [-0.4, -0.2) is 15.0 Å². The highest BCUT2D eigenvalue weighted by Gasteiger charge is 2.18. The molecule has 0 fully saturated rings. The van der Waals surface area contributed by atoms with E-state index in [9.17, 15) is 0 Å². The number of hydrogen-bond acceptors (Lipinski definition) is 4. The molecule has 300 valence electrons. The molecule has 0 aliphatic heterocycles. The molecule has 0 unspecified atom stereocenters. The topological polar surface area (TPSA) is 51.8 Å². The van der Waals surface area contributed by atoms with Crippen LogP contribution in [0.15, 0.2) is 217 Å². The van der Waals surface area contributed by atoms with Crippen LogP contribution in [-0.2, 0) is 0 Å². The molecule has 0 radical (unpaired) electrons. The Morgan fingerprint density at radius 2 is 0.677 bits per heavy atom. The van der Waals surface area contributed by atoms with E-state index in [1.54, 1.807) is 0 Å². The number of nitrogens with zero attached hydrogens (tertiary/aromatic N) is 3. The second kappa shape index (κ2) is 13.9. The van der Waals surface area contributed by atoms with Gasteiger partial charge in [-0.05, 0) is 129 Å². The Kier molecular flexibility index (Phi) is 7.65. The first-order valence-corrected chi connectivity index (χ1v) is 22.1. The Bertz CT molecular complexity index is 4240. The molecule has 12 aromatic carbocycles. The van der Waals surface area contributed by atoms with Crippen LogP contribution in [0, 0.1) is 0 Å². The van der Waals surface area contributed by atoms with Gasteiger partial charge in [-0.3, -0.25) is 0 Å². The van der Waals surface area contributed by atoms with Crippen molar-refractivity contribution in [2.45, 2.75) is 0 Å². The quantitative estimate of drug-likeness (QED) is 0.162. The Hall–Kier alpha value is -8.73. The molecule has 65 heavy (non-hydrogen) atoms. The summed E-state index contributed by atoms with van der Waals surface area (Å²) in [6.45, 7) is 0. The molecule has 0 aliphatic carbocycles. The molecular formula is C61H35N3O. The van der Waals surface area contributed by atoms with Crippen LogP contribution >= 0.6 is 0 Å². The molecule has 0 N–H and O–H groups in total. The molecule has 4 nitrogen and oxygen atoms in total. The largest absolute Gasteiger partial charge is 0.456 e. The van der Waals surface area contributed by atoms with Crippen molar-refractivity contribution in [2.75, 3.05) is 0 Å². The van der Waals surface area contributed by atoms with Gasteiger partial charge in [0.05, 0.1) is 0 Å². The highest BCUT2D eigenvalue weighted by atomic mass is 16.3. The van der Waals surface area contributed by atoms with Crippen molar-refractivity contribution in [1.82, 2.24) is 15.0 Å². The lowest BCUT2D eigenvalue weighted by Crippen LogP contribution is -2.00. The van der Waals surface area contributed by atoms with Crippen LogP contribution in [0.5, 0.6) is 0 Å². The van der Waals surface area contributed by atoms with Crippen LogP contribution in [0.2, 0.25) is 0 Å². The van der Waals surface area contributed by atoms with E-state index in [4.69, 9.17) is 19.4 Å². The molecule has 0 atom stereocenters. The fourth-order valence-electron chi connectivity index (χ4n) is 10.4. The third-order valence-corrected chi connectivity index (χ3v) is 13.4. The maximum absolute atomic E-state index is 6.28.